The zero-order chi connectivity index (χ0) is 11.5. The van der Waals surface area contributed by atoms with Gasteiger partial charge in [0.25, 0.3) is 6.73 Å². The van der Waals surface area contributed by atoms with E-state index in [0.29, 0.717) is 6.73 Å². The molecular formula is C15H20NO+. The molecule has 0 atom stereocenters. The van der Waals surface area contributed by atoms with E-state index in [1.54, 1.807) is 0 Å². The van der Waals surface area contributed by atoms with Crippen LogP contribution in [-0.2, 0) is 0 Å². The van der Waals surface area contributed by atoms with Crippen LogP contribution in [0.5, 0.6) is 5.75 Å². The van der Waals surface area contributed by atoms with Crippen molar-refractivity contribution >= 4 is 6.21 Å². The molecule has 17 heavy (non-hydrogen) atoms. The highest BCUT2D eigenvalue weighted by molar-refractivity contribution is 5.80. The van der Waals surface area contributed by atoms with Gasteiger partial charge in [0.05, 0.1) is 5.56 Å². The van der Waals surface area contributed by atoms with Crippen molar-refractivity contribution in [1.29, 1.82) is 0 Å². The molecule has 0 saturated heterocycles. The van der Waals surface area contributed by atoms with Crippen molar-refractivity contribution in [3.8, 4) is 5.75 Å². The summed E-state index contributed by atoms with van der Waals surface area (Å²) in [4.78, 5) is 0. The van der Waals surface area contributed by atoms with Crippen LogP contribution >= 0.6 is 0 Å². The lowest BCUT2D eigenvalue weighted by atomic mass is 9.89. The predicted octanol–water partition coefficient (Wildman–Crippen LogP) is 3.05. The second-order valence-corrected chi connectivity index (χ2v) is 5.22. The Kier molecular flexibility index (Phi) is 3.12. The first kappa shape index (κ1) is 10.8. The lowest BCUT2D eigenvalue weighted by Gasteiger charge is -2.21. The zero-order valence-corrected chi connectivity index (χ0v) is 10.3. The molecule has 1 saturated carbocycles. The molecular weight excluding hydrogens is 210 g/mol. The van der Waals surface area contributed by atoms with E-state index in [9.17, 15) is 0 Å². The van der Waals surface area contributed by atoms with E-state index in [-0.39, 0.29) is 0 Å². The molecule has 1 aliphatic heterocycles. The second kappa shape index (κ2) is 4.91. The lowest BCUT2D eigenvalue weighted by molar-refractivity contribution is -0.563. The molecule has 0 amide bonds. The van der Waals surface area contributed by atoms with E-state index in [2.05, 4.69) is 22.9 Å². The maximum atomic E-state index is 5.77. The van der Waals surface area contributed by atoms with Gasteiger partial charge in [-0.25, -0.2) is 4.58 Å². The van der Waals surface area contributed by atoms with Crippen LogP contribution in [0.1, 0.15) is 37.7 Å². The molecule has 0 spiro atoms. The van der Waals surface area contributed by atoms with Gasteiger partial charge in [-0.05, 0) is 25.0 Å². The molecule has 0 unspecified atom stereocenters. The second-order valence-electron chi connectivity index (χ2n) is 5.22. The fourth-order valence-electron chi connectivity index (χ4n) is 2.91. The number of nitrogens with zero attached hydrogens (tertiary/aromatic N) is 1. The number of para-hydroxylation sites is 1. The normalized spacial score (nSPS) is 20.4. The molecule has 2 nitrogen and oxygen atoms in total. The average molecular weight is 230 g/mol. The van der Waals surface area contributed by atoms with Crippen molar-refractivity contribution in [2.75, 3.05) is 13.3 Å². The molecule has 1 aromatic rings. The van der Waals surface area contributed by atoms with Crippen molar-refractivity contribution in [3.63, 3.8) is 0 Å². The van der Waals surface area contributed by atoms with Gasteiger partial charge in [-0.1, -0.05) is 31.4 Å². The first-order valence-corrected chi connectivity index (χ1v) is 6.72. The minimum Gasteiger partial charge on any atom is -0.435 e. The minimum absolute atomic E-state index is 0.716. The quantitative estimate of drug-likeness (QED) is 0.711. The van der Waals surface area contributed by atoms with Crippen molar-refractivity contribution in [3.05, 3.63) is 29.8 Å². The molecule has 0 bridgehead atoms. The Morgan fingerprint density at radius 1 is 1.12 bits per heavy atom. The Hall–Kier alpha value is -1.31. The average Bonchev–Trinajstić information content (AvgIpc) is 2.40. The monoisotopic (exact) mass is 230 g/mol. The van der Waals surface area contributed by atoms with Crippen molar-refractivity contribution in [1.82, 2.24) is 0 Å². The number of hydrogen-bond acceptors (Lipinski definition) is 1. The van der Waals surface area contributed by atoms with Crippen LogP contribution in [-0.4, -0.2) is 24.1 Å². The third-order valence-electron chi connectivity index (χ3n) is 3.84. The van der Waals surface area contributed by atoms with Gasteiger partial charge < -0.3 is 4.74 Å². The topological polar surface area (TPSA) is 12.2 Å². The lowest BCUT2D eigenvalue weighted by Crippen LogP contribution is -2.29. The third-order valence-corrected chi connectivity index (χ3v) is 3.84. The van der Waals surface area contributed by atoms with E-state index in [4.69, 9.17) is 4.74 Å². The Morgan fingerprint density at radius 2 is 1.94 bits per heavy atom. The number of hydrogen-bond donors (Lipinski definition) is 0. The Bertz CT molecular complexity index is 419. The van der Waals surface area contributed by atoms with E-state index in [1.807, 2.05) is 12.1 Å². The predicted molar refractivity (Wildman–Crippen MR) is 68.8 cm³/mol. The number of benzene rings is 1. The summed E-state index contributed by atoms with van der Waals surface area (Å²) in [5.41, 5.74) is 1.22. The Labute approximate surface area is 103 Å². The smallest absolute Gasteiger partial charge is 0.287 e. The highest BCUT2D eigenvalue weighted by atomic mass is 16.5. The largest absolute Gasteiger partial charge is 0.435 e. The van der Waals surface area contributed by atoms with Crippen LogP contribution in [0.2, 0.25) is 0 Å². The molecule has 3 rings (SSSR count). The van der Waals surface area contributed by atoms with Gasteiger partial charge in [0, 0.05) is 5.92 Å². The summed E-state index contributed by atoms with van der Waals surface area (Å²) in [7, 11) is 0. The van der Waals surface area contributed by atoms with Crippen LogP contribution in [0.3, 0.4) is 0 Å². The third kappa shape index (κ3) is 2.51. The summed E-state index contributed by atoms with van der Waals surface area (Å²) in [6.45, 7) is 1.88. The van der Waals surface area contributed by atoms with Gasteiger partial charge in [0.1, 0.15) is 12.3 Å². The van der Waals surface area contributed by atoms with E-state index in [1.165, 1.54) is 37.7 Å². The number of fused-ring (bicyclic) bond motifs is 1. The molecule has 1 fully saturated rings. The highest BCUT2D eigenvalue weighted by Gasteiger charge is 2.22. The number of ether oxygens (including phenoxy) is 1. The summed E-state index contributed by atoms with van der Waals surface area (Å²) in [5.74, 6) is 1.89. The molecule has 90 valence electrons. The van der Waals surface area contributed by atoms with Crippen molar-refractivity contribution in [2.45, 2.75) is 32.1 Å². The first-order chi connectivity index (χ1) is 8.42. The van der Waals surface area contributed by atoms with Crippen LogP contribution in [0.4, 0.5) is 0 Å². The summed E-state index contributed by atoms with van der Waals surface area (Å²) in [6, 6.07) is 8.28. The van der Waals surface area contributed by atoms with Gasteiger partial charge in [0.2, 0.25) is 0 Å². The molecule has 0 aromatic heterocycles. The van der Waals surface area contributed by atoms with E-state index >= 15 is 0 Å². The zero-order valence-electron chi connectivity index (χ0n) is 10.3. The van der Waals surface area contributed by atoms with Gasteiger partial charge >= 0.3 is 0 Å². The van der Waals surface area contributed by atoms with Gasteiger partial charge in [-0.15, -0.1) is 0 Å². The van der Waals surface area contributed by atoms with Crippen LogP contribution in [0.25, 0.3) is 0 Å². The fraction of sp³-hybridized carbons (Fsp3) is 0.533. The van der Waals surface area contributed by atoms with E-state index < -0.39 is 0 Å². The summed E-state index contributed by atoms with van der Waals surface area (Å²) in [5, 5.41) is 0. The Balaban J connectivity index is 1.70. The van der Waals surface area contributed by atoms with Gasteiger partial charge in [0.15, 0.2) is 6.21 Å². The Morgan fingerprint density at radius 3 is 2.82 bits per heavy atom. The van der Waals surface area contributed by atoms with Crippen molar-refractivity contribution < 1.29 is 9.31 Å². The van der Waals surface area contributed by atoms with Crippen LogP contribution in [0, 0.1) is 5.92 Å². The maximum Gasteiger partial charge on any atom is 0.287 e. The summed E-state index contributed by atoms with van der Waals surface area (Å²) >= 11 is 0. The molecule has 1 aromatic carbocycles. The van der Waals surface area contributed by atoms with Gasteiger partial charge in [-0.3, -0.25) is 0 Å². The van der Waals surface area contributed by atoms with Crippen molar-refractivity contribution in [2.24, 2.45) is 5.92 Å². The van der Waals surface area contributed by atoms with Crippen LogP contribution in [0.15, 0.2) is 24.3 Å². The van der Waals surface area contributed by atoms with Gasteiger partial charge in [-0.2, -0.15) is 0 Å². The molecule has 2 aliphatic rings. The molecule has 0 N–H and O–H groups in total. The standard InChI is InChI=1S/C15H20NO/c1-2-6-13(7-3-1)10-16-11-14-8-4-5-9-15(14)17-12-16/h4-5,8-9,11,13H,1-3,6-7,10,12H2/q+1. The molecule has 2 heteroatoms. The molecule has 1 aliphatic carbocycles. The fourth-order valence-corrected chi connectivity index (χ4v) is 2.91. The first-order valence-electron chi connectivity index (χ1n) is 6.72. The minimum atomic E-state index is 0.716. The molecule has 1 heterocycles. The SMILES string of the molecule is C1=[N+](CC2CCCCC2)COc2ccccc21. The molecule has 0 radical (unpaired) electrons. The van der Waals surface area contributed by atoms with E-state index in [0.717, 1.165) is 18.2 Å². The maximum absolute atomic E-state index is 5.77. The summed E-state index contributed by atoms with van der Waals surface area (Å²) in [6.07, 6.45) is 9.30. The number of rotatable bonds is 2. The van der Waals surface area contributed by atoms with Crippen LogP contribution < -0.4 is 4.74 Å². The summed E-state index contributed by atoms with van der Waals surface area (Å²) < 4.78 is 8.10. The highest BCUT2D eigenvalue weighted by Crippen LogP contribution is 2.25.